The largest absolute Gasteiger partial charge is 0.497 e. The number of halogens is 1. The lowest BCUT2D eigenvalue weighted by atomic mass is 10.1. The average molecular weight is 301 g/mol. The van der Waals surface area contributed by atoms with Gasteiger partial charge in [0, 0.05) is 17.5 Å². The highest BCUT2D eigenvalue weighted by atomic mass is 79.9. The van der Waals surface area contributed by atoms with Crippen LogP contribution in [-0.4, -0.2) is 26.4 Å². The summed E-state index contributed by atoms with van der Waals surface area (Å²) in [5.74, 6) is 1.77. The number of hydrogen-bond acceptors (Lipinski definition) is 3. The van der Waals surface area contributed by atoms with Crippen molar-refractivity contribution in [3.05, 3.63) is 23.8 Å². The van der Waals surface area contributed by atoms with Gasteiger partial charge < -0.3 is 14.2 Å². The smallest absolute Gasteiger partial charge is 0.124 e. The molecule has 1 aliphatic heterocycles. The molecule has 1 aliphatic rings. The van der Waals surface area contributed by atoms with Gasteiger partial charge in [0.1, 0.15) is 17.6 Å². The molecule has 0 spiro atoms. The fraction of sp³-hybridized carbons (Fsp3) is 0.538. The quantitative estimate of drug-likeness (QED) is 0.800. The van der Waals surface area contributed by atoms with E-state index in [0.29, 0.717) is 6.61 Å². The van der Waals surface area contributed by atoms with Crippen molar-refractivity contribution in [3.8, 4) is 11.5 Å². The van der Waals surface area contributed by atoms with Crippen molar-refractivity contribution in [2.45, 2.75) is 24.3 Å². The highest BCUT2D eigenvalue weighted by molar-refractivity contribution is 9.08. The van der Waals surface area contributed by atoms with Gasteiger partial charge >= 0.3 is 0 Å². The Labute approximate surface area is 110 Å². The molecular formula is C13H17BrO3. The van der Waals surface area contributed by atoms with E-state index in [4.69, 9.17) is 14.2 Å². The number of ether oxygens (including phenoxy) is 3. The molecule has 0 aromatic heterocycles. The first-order valence-corrected chi connectivity index (χ1v) is 6.93. The first-order chi connectivity index (χ1) is 8.33. The molecule has 0 saturated carbocycles. The maximum atomic E-state index is 5.97. The van der Waals surface area contributed by atoms with Crippen molar-refractivity contribution in [1.29, 1.82) is 0 Å². The van der Waals surface area contributed by atoms with Crippen molar-refractivity contribution < 1.29 is 14.2 Å². The van der Waals surface area contributed by atoms with E-state index in [1.165, 1.54) is 0 Å². The maximum Gasteiger partial charge on any atom is 0.124 e. The molecule has 0 aliphatic carbocycles. The second-order valence-corrected chi connectivity index (χ2v) is 4.63. The van der Waals surface area contributed by atoms with Gasteiger partial charge in [-0.05, 0) is 31.0 Å². The highest BCUT2D eigenvalue weighted by Gasteiger charge is 2.16. The molecule has 1 atom stereocenters. The number of benzene rings is 1. The van der Waals surface area contributed by atoms with E-state index in [1.54, 1.807) is 7.11 Å². The third kappa shape index (κ3) is 3.36. The Morgan fingerprint density at radius 3 is 3.00 bits per heavy atom. The van der Waals surface area contributed by atoms with Gasteiger partial charge in [-0.25, -0.2) is 0 Å². The summed E-state index contributed by atoms with van der Waals surface area (Å²) in [4.78, 5) is 0. The topological polar surface area (TPSA) is 27.7 Å². The summed E-state index contributed by atoms with van der Waals surface area (Å²) < 4.78 is 16.6. The lowest BCUT2D eigenvalue weighted by molar-refractivity contribution is 0.00712. The minimum atomic E-state index is 0.176. The van der Waals surface area contributed by atoms with Gasteiger partial charge in [0.2, 0.25) is 0 Å². The Balaban J connectivity index is 2.08. The number of rotatable bonds is 4. The molecule has 3 nitrogen and oxygen atoms in total. The molecule has 1 aromatic carbocycles. The van der Waals surface area contributed by atoms with Crippen LogP contribution in [0.4, 0.5) is 0 Å². The Morgan fingerprint density at radius 1 is 1.47 bits per heavy atom. The monoisotopic (exact) mass is 300 g/mol. The first-order valence-electron chi connectivity index (χ1n) is 5.80. The van der Waals surface area contributed by atoms with Crippen molar-refractivity contribution in [2.24, 2.45) is 0 Å². The summed E-state index contributed by atoms with van der Waals surface area (Å²) in [6, 6.07) is 5.88. The standard InChI is InChI=1S/C13H17BrO3/c1-15-11-4-5-13(10(7-11)8-14)17-12-3-2-6-16-9-12/h4-5,7,12H,2-3,6,8-9H2,1H3. The predicted octanol–water partition coefficient (Wildman–Crippen LogP) is 3.15. The molecule has 1 aromatic rings. The van der Waals surface area contributed by atoms with Crippen LogP contribution in [0.2, 0.25) is 0 Å². The zero-order valence-corrected chi connectivity index (χ0v) is 11.5. The highest BCUT2D eigenvalue weighted by Crippen LogP contribution is 2.28. The normalized spacial score (nSPS) is 20.0. The van der Waals surface area contributed by atoms with Crippen LogP contribution in [0.15, 0.2) is 18.2 Å². The molecule has 0 radical (unpaired) electrons. The molecule has 0 amide bonds. The Morgan fingerprint density at radius 2 is 2.35 bits per heavy atom. The van der Waals surface area contributed by atoms with Crippen LogP contribution in [0.1, 0.15) is 18.4 Å². The fourth-order valence-corrected chi connectivity index (χ4v) is 2.32. The second kappa shape index (κ2) is 6.26. The van der Waals surface area contributed by atoms with Gasteiger partial charge in [0.15, 0.2) is 0 Å². The number of alkyl halides is 1. The molecule has 0 bridgehead atoms. The fourth-order valence-electron chi connectivity index (χ4n) is 1.89. The van der Waals surface area contributed by atoms with Gasteiger partial charge in [-0.1, -0.05) is 15.9 Å². The summed E-state index contributed by atoms with van der Waals surface area (Å²) in [6.45, 7) is 1.54. The average Bonchev–Trinajstić information content (AvgIpc) is 2.40. The van der Waals surface area contributed by atoms with E-state index in [0.717, 1.165) is 41.8 Å². The van der Waals surface area contributed by atoms with E-state index in [1.807, 2.05) is 18.2 Å². The molecule has 2 rings (SSSR count). The lowest BCUT2D eigenvalue weighted by Crippen LogP contribution is -2.28. The minimum absolute atomic E-state index is 0.176. The summed E-state index contributed by atoms with van der Waals surface area (Å²) >= 11 is 3.47. The summed E-state index contributed by atoms with van der Waals surface area (Å²) in [5, 5.41) is 0.757. The van der Waals surface area contributed by atoms with Crippen molar-refractivity contribution in [1.82, 2.24) is 0 Å². The van der Waals surface area contributed by atoms with Crippen LogP contribution in [0.25, 0.3) is 0 Å². The minimum Gasteiger partial charge on any atom is -0.497 e. The molecule has 1 fully saturated rings. The molecule has 1 saturated heterocycles. The van der Waals surface area contributed by atoms with Gasteiger partial charge in [0.05, 0.1) is 13.7 Å². The van der Waals surface area contributed by atoms with Crippen LogP contribution in [0.3, 0.4) is 0 Å². The summed E-state index contributed by atoms with van der Waals surface area (Å²) in [5.41, 5.74) is 1.11. The molecule has 17 heavy (non-hydrogen) atoms. The molecule has 1 heterocycles. The van der Waals surface area contributed by atoms with Gasteiger partial charge in [0.25, 0.3) is 0 Å². The van der Waals surface area contributed by atoms with Crippen LogP contribution >= 0.6 is 15.9 Å². The first kappa shape index (κ1) is 12.7. The Hall–Kier alpha value is -0.740. The zero-order chi connectivity index (χ0) is 12.1. The zero-order valence-electron chi connectivity index (χ0n) is 9.95. The number of hydrogen-bond donors (Lipinski definition) is 0. The van der Waals surface area contributed by atoms with Crippen LogP contribution in [-0.2, 0) is 10.1 Å². The Kier molecular flexibility index (Phi) is 4.68. The second-order valence-electron chi connectivity index (χ2n) is 4.06. The van der Waals surface area contributed by atoms with E-state index >= 15 is 0 Å². The third-order valence-electron chi connectivity index (χ3n) is 2.82. The van der Waals surface area contributed by atoms with E-state index < -0.39 is 0 Å². The van der Waals surface area contributed by atoms with E-state index in [-0.39, 0.29) is 6.10 Å². The van der Waals surface area contributed by atoms with Crippen molar-refractivity contribution in [2.75, 3.05) is 20.3 Å². The van der Waals surface area contributed by atoms with Gasteiger partial charge in [-0.2, -0.15) is 0 Å². The van der Waals surface area contributed by atoms with Crippen molar-refractivity contribution in [3.63, 3.8) is 0 Å². The van der Waals surface area contributed by atoms with Gasteiger partial charge in [-0.15, -0.1) is 0 Å². The third-order valence-corrected chi connectivity index (χ3v) is 3.43. The predicted molar refractivity (Wildman–Crippen MR) is 70.1 cm³/mol. The van der Waals surface area contributed by atoms with Crippen LogP contribution in [0, 0.1) is 0 Å². The molecule has 1 unspecified atom stereocenters. The SMILES string of the molecule is COc1ccc(OC2CCCOC2)c(CBr)c1. The van der Waals surface area contributed by atoms with E-state index in [2.05, 4.69) is 15.9 Å². The Bertz CT molecular complexity index is 362. The molecule has 0 N–H and O–H groups in total. The van der Waals surface area contributed by atoms with Crippen LogP contribution in [0.5, 0.6) is 11.5 Å². The summed E-state index contributed by atoms with van der Waals surface area (Å²) in [6.07, 6.45) is 2.31. The molecular weight excluding hydrogens is 284 g/mol. The molecule has 94 valence electrons. The maximum absolute atomic E-state index is 5.97. The van der Waals surface area contributed by atoms with E-state index in [9.17, 15) is 0 Å². The molecule has 4 heteroatoms. The number of methoxy groups -OCH3 is 1. The lowest BCUT2D eigenvalue weighted by Gasteiger charge is -2.24. The summed E-state index contributed by atoms with van der Waals surface area (Å²) in [7, 11) is 1.67. The van der Waals surface area contributed by atoms with Crippen molar-refractivity contribution >= 4 is 15.9 Å². The van der Waals surface area contributed by atoms with Crippen LogP contribution < -0.4 is 9.47 Å². The van der Waals surface area contributed by atoms with Gasteiger partial charge in [-0.3, -0.25) is 0 Å².